The molecule has 2 aliphatic rings. The van der Waals surface area contributed by atoms with Gasteiger partial charge in [0.25, 0.3) is 0 Å². The molecule has 140 valence electrons. The van der Waals surface area contributed by atoms with Crippen molar-refractivity contribution in [1.82, 2.24) is 19.9 Å². The van der Waals surface area contributed by atoms with Crippen LogP contribution in [0.3, 0.4) is 0 Å². The van der Waals surface area contributed by atoms with E-state index in [0.29, 0.717) is 30.1 Å². The third-order valence-electron chi connectivity index (χ3n) is 5.19. The standard InChI is InChI=1S/C19H25FN4O2/c20-15-5-7-17(8-6-15)25-14-18-21-19(26-22-18)13-23-9-3-4-16(12-23)24-10-1-2-11-24/h5-8,16H,1-4,9-14H2/t16-/m1/s1. The maximum atomic E-state index is 12.9. The molecule has 0 bridgehead atoms. The van der Waals surface area contributed by atoms with Gasteiger partial charge in [-0.05, 0) is 69.6 Å². The summed E-state index contributed by atoms with van der Waals surface area (Å²) in [5.74, 6) is 1.44. The predicted octanol–water partition coefficient (Wildman–Crippen LogP) is 2.85. The van der Waals surface area contributed by atoms with E-state index < -0.39 is 0 Å². The van der Waals surface area contributed by atoms with Gasteiger partial charge >= 0.3 is 0 Å². The number of hydrogen-bond acceptors (Lipinski definition) is 6. The zero-order valence-electron chi connectivity index (χ0n) is 14.9. The van der Waals surface area contributed by atoms with Crippen molar-refractivity contribution in [3.8, 4) is 5.75 Å². The highest BCUT2D eigenvalue weighted by atomic mass is 19.1. The molecule has 0 radical (unpaired) electrons. The van der Waals surface area contributed by atoms with Crippen LogP contribution in [0.4, 0.5) is 4.39 Å². The Kier molecular flexibility index (Phi) is 5.45. The molecule has 26 heavy (non-hydrogen) atoms. The molecule has 6 nitrogen and oxygen atoms in total. The van der Waals surface area contributed by atoms with E-state index in [1.54, 1.807) is 12.1 Å². The summed E-state index contributed by atoms with van der Waals surface area (Å²) >= 11 is 0. The predicted molar refractivity (Wildman–Crippen MR) is 94.1 cm³/mol. The normalized spacial score (nSPS) is 22.0. The second kappa shape index (κ2) is 8.14. The Labute approximate surface area is 152 Å². The van der Waals surface area contributed by atoms with Crippen molar-refractivity contribution in [1.29, 1.82) is 0 Å². The Bertz CT molecular complexity index is 700. The van der Waals surface area contributed by atoms with Crippen LogP contribution in [-0.4, -0.2) is 52.2 Å². The topological polar surface area (TPSA) is 54.6 Å². The van der Waals surface area contributed by atoms with Gasteiger partial charge in [-0.1, -0.05) is 5.16 Å². The molecule has 3 heterocycles. The number of piperidine rings is 1. The third-order valence-corrected chi connectivity index (χ3v) is 5.19. The van der Waals surface area contributed by atoms with Crippen LogP contribution in [0.25, 0.3) is 0 Å². The maximum absolute atomic E-state index is 12.9. The van der Waals surface area contributed by atoms with E-state index in [0.717, 1.165) is 13.1 Å². The summed E-state index contributed by atoms with van der Waals surface area (Å²) in [5.41, 5.74) is 0. The molecule has 0 saturated carbocycles. The van der Waals surface area contributed by atoms with Gasteiger partial charge < -0.3 is 9.26 Å². The summed E-state index contributed by atoms with van der Waals surface area (Å²) in [6, 6.07) is 6.56. The number of aromatic nitrogens is 2. The van der Waals surface area contributed by atoms with Gasteiger partial charge in [-0.3, -0.25) is 9.80 Å². The molecule has 1 atom stereocenters. The highest BCUT2D eigenvalue weighted by Crippen LogP contribution is 2.21. The molecule has 2 fully saturated rings. The monoisotopic (exact) mass is 360 g/mol. The van der Waals surface area contributed by atoms with Gasteiger partial charge in [0.15, 0.2) is 6.61 Å². The van der Waals surface area contributed by atoms with Gasteiger partial charge in [-0.2, -0.15) is 4.98 Å². The van der Waals surface area contributed by atoms with Crippen molar-refractivity contribution >= 4 is 0 Å². The number of rotatable bonds is 6. The van der Waals surface area contributed by atoms with Crippen LogP contribution in [0, 0.1) is 5.82 Å². The first-order valence-corrected chi connectivity index (χ1v) is 9.42. The first-order chi connectivity index (χ1) is 12.8. The molecule has 2 aromatic rings. The van der Waals surface area contributed by atoms with Crippen LogP contribution in [0.1, 0.15) is 37.4 Å². The molecule has 2 aliphatic heterocycles. The van der Waals surface area contributed by atoms with Crippen molar-refractivity contribution in [2.75, 3.05) is 26.2 Å². The van der Waals surface area contributed by atoms with Crippen molar-refractivity contribution in [2.24, 2.45) is 0 Å². The minimum atomic E-state index is -0.284. The van der Waals surface area contributed by atoms with Gasteiger partial charge in [-0.15, -0.1) is 0 Å². The van der Waals surface area contributed by atoms with Crippen LogP contribution in [0.5, 0.6) is 5.75 Å². The quantitative estimate of drug-likeness (QED) is 0.790. The van der Waals surface area contributed by atoms with Crippen LogP contribution >= 0.6 is 0 Å². The number of hydrogen-bond donors (Lipinski definition) is 0. The van der Waals surface area contributed by atoms with Gasteiger partial charge in [-0.25, -0.2) is 4.39 Å². The summed E-state index contributed by atoms with van der Waals surface area (Å²) in [7, 11) is 0. The Morgan fingerprint density at radius 2 is 1.92 bits per heavy atom. The number of benzene rings is 1. The van der Waals surface area contributed by atoms with Gasteiger partial charge in [0.05, 0.1) is 6.54 Å². The van der Waals surface area contributed by atoms with Crippen molar-refractivity contribution < 1.29 is 13.7 Å². The molecule has 0 unspecified atom stereocenters. The van der Waals surface area contributed by atoms with Crippen LogP contribution in [0.15, 0.2) is 28.8 Å². The lowest BCUT2D eigenvalue weighted by Gasteiger charge is -2.36. The molecule has 0 amide bonds. The lowest BCUT2D eigenvalue weighted by molar-refractivity contribution is 0.102. The summed E-state index contributed by atoms with van der Waals surface area (Å²) in [5, 5.41) is 3.99. The van der Waals surface area contributed by atoms with Gasteiger partial charge in [0, 0.05) is 12.6 Å². The summed E-state index contributed by atoms with van der Waals surface area (Å²) in [6.45, 7) is 5.53. The van der Waals surface area contributed by atoms with Crippen LogP contribution in [-0.2, 0) is 13.2 Å². The first kappa shape index (κ1) is 17.4. The van der Waals surface area contributed by atoms with Gasteiger partial charge in [0.1, 0.15) is 11.6 Å². The lowest BCUT2D eigenvalue weighted by atomic mass is 10.0. The Morgan fingerprint density at radius 3 is 2.73 bits per heavy atom. The molecular weight excluding hydrogens is 335 g/mol. The Balaban J connectivity index is 1.28. The molecule has 0 aliphatic carbocycles. The maximum Gasteiger partial charge on any atom is 0.240 e. The van der Waals surface area contributed by atoms with Crippen LogP contribution < -0.4 is 4.74 Å². The number of nitrogens with zero attached hydrogens (tertiary/aromatic N) is 4. The minimum Gasteiger partial charge on any atom is -0.485 e. The van der Waals surface area contributed by atoms with Crippen molar-refractivity contribution in [3.63, 3.8) is 0 Å². The van der Waals surface area contributed by atoms with E-state index in [-0.39, 0.29) is 12.4 Å². The molecular formula is C19H25FN4O2. The SMILES string of the molecule is Fc1ccc(OCc2noc(CN3CCC[C@@H](N4CCCC4)C3)n2)cc1. The molecule has 1 aromatic heterocycles. The Morgan fingerprint density at radius 1 is 1.12 bits per heavy atom. The largest absolute Gasteiger partial charge is 0.485 e. The highest BCUT2D eigenvalue weighted by molar-refractivity contribution is 5.22. The number of halogens is 1. The molecule has 1 aromatic carbocycles. The lowest BCUT2D eigenvalue weighted by Crippen LogP contribution is -2.46. The number of ether oxygens (including phenoxy) is 1. The number of likely N-dealkylation sites (tertiary alicyclic amines) is 2. The molecule has 0 N–H and O–H groups in total. The molecule has 2 saturated heterocycles. The molecule has 0 spiro atoms. The smallest absolute Gasteiger partial charge is 0.240 e. The second-order valence-corrected chi connectivity index (χ2v) is 7.12. The van der Waals surface area contributed by atoms with E-state index in [9.17, 15) is 4.39 Å². The van der Waals surface area contributed by atoms with Crippen molar-refractivity contribution in [3.05, 3.63) is 41.8 Å². The fourth-order valence-corrected chi connectivity index (χ4v) is 3.86. The minimum absolute atomic E-state index is 0.214. The fraction of sp³-hybridized carbons (Fsp3) is 0.579. The Hall–Kier alpha value is -1.99. The van der Waals surface area contributed by atoms with Crippen molar-refractivity contribution in [2.45, 2.75) is 44.9 Å². The second-order valence-electron chi connectivity index (χ2n) is 7.12. The fourth-order valence-electron chi connectivity index (χ4n) is 3.86. The molecule has 4 rings (SSSR count). The highest BCUT2D eigenvalue weighted by Gasteiger charge is 2.27. The zero-order valence-corrected chi connectivity index (χ0v) is 14.9. The first-order valence-electron chi connectivity index (χ1n) is 9.42. The summed E-state index contributed by atoms with van der Waals surface area (Å²) in [4.78, 5) is 9.46. The third kappa shape index (κ3) is 4.40. The van der Waals surface area contributed by atoms with E-state index in [1.807, 2.05) is 0 Å². The van der Waals surface area contributed by atoms with Gasteiger partial charge in [0.2, 0.25) is 11.7 Å². The van der Waals surface area contributed by atoms with E-state index in [4.69, 9.17) is 9.26 Å². The average molecular weight is 360 g/mol. The van der Waals surface area contributed by atoms with E-state index in [1.165, 1.54) is 50.9 Å². The van der Waals surface area contributed by atoms with E-state index in [2.05, 4.69) is 19.9 Å². The molecule has 7 heteroatoms. The van der Waals surface area contributed by atoms with E-state index >= 15 is 0 Å². The summed E-state index contributed by atoms with van der Waals surface area (Å²) in [6.07, 6.45) is 5.17. The average Bonchev–Trinajstić information content (AvgIpc) is 3.34. The summed E-state index contributed by atoms with van der Waals surface area (Å²) < 4.78 is 23.8. The van der Waals surface area contributed by atoms with Crippen LogP contribution in [0.2, 0.25) is 0 Å². The zero-order chi connectivity index (χ0) is 17.8.